The molecule has 26 heavy (non-hydrogen) atoms. The molecule has 6 rings (SSSR count). The van der Waals surface area contributed by atoms with Gasteiger partial charge in [0.1, 0.15) is 6.10 Å². The summed E-state index contributed by atoms with van der Waals surface area (Å²) in [5.41, 5.74) is 3.18. The highest BCUT2D eigenvalue weighted by Crippen LogP contribution is 2.34. The quantitative estimate of drug-likeness (QED) is 0.727. The normalized spacial score (nSPS) is 27.8. The van der Waals surface area contributed by atoms with Gasteiger partial charge in [0.25, 0.3) is 0 Å². The van der Waals surface area contributed by atoms with Crippen LogP contribution in [0.15, 0.2) is 42.6 Å². The molecule has 3 saturated heterocycles. The van der Waals surface area contributed by atoms with Crippen LogP contribution in [0.2, 0.25) is 0 Å². The van der Waals surface area contributed by atoms with Crippen molar-refractivity contribution in [1.29, 1.82) is 0 Å². The molecule has 0 N–H and O–H groups in total. The maximum atomic E-state index is 6.25. The van der Waals surface area contributed by atoms with Gasteiger partial charge in [0.15, 0.2) is 0 Å². The molecule has 3 fully saturated rings. The van der Waals surface area contributed by atoms with Crippen LogP contribution in [0.3, 0.4) is 0 Å². The average molecular weight is 348 g/mol. The number of fused-ring (bicyclic) bond motifs is 4. The van der Waals surface area contributed by atoms with Crippen LogP contribution in [-0.4, -0.2) is 44.9 Å². The third-order valence-electron chi connectivity index (χ3n) is 6.17. The van der Waals surface area contributed by atoms with E-state index in [4.69, 9.17) is 4.74 Å². The van der Waals surface area contributed by atoms with E-state index < -0.39 is 0 Å². The Hall–Kier alpha value is -2.40. The van der Waals surface area contributed by atoms with Crippen molar-refractivity contribution in [1.82, 2.24) is 19.7 Å². The highest BCUT2D eigenvalue weighted by molar-refractivity contribution is 5.84. The van der Waals surface area contributed by atoms with Gasteiger partial charge in [-0.3, -0.25) is 4.90 Å². The maximum absolute atomic E-state index is 6.25. The molecule has 0 aliphatic carbocycles. The summed E-state index contributed by atoms with van der Waals surface area (Å²) in [6, 6.07) is 13.0. The molecule has 2 atom stereocenters. The van der Waals surface area contributed by atoms with Gasteiger partial charge < -0.3 is 9.30 Å². The predicted molar refractivity (Wildman–Crippen MR) is 102 cm³/mol. The van der Waals surface area contributed by atoms with E-state index in [1.54, 1.807) is 0 Å². The zero-order valence-corrected chi connectivity index (χ0v) is 15.3. The van der Waals surface area contributed by atoms with Gasteiger partial charge in [-0.25, -0.2) is 0 Å². The molecular formula is C21H24N4O. The Morgan fingerprint density at radius 3 is 2.62 bits per heavy atom. The second-order valence-electron chi connectivity index (χ2n) is 7.65. The molecule has 5 heterocycles. The summed E-state index contributed by atoms with van der Waals surface area (Å²) in [6.45, 7) is 4.68. The molecule has 0 unspecified atom stereocenters. The number of hydrogen-bond acceptors (Lipinski definition) is 4. The van der Waals surface area contributed by atoms with Gasteiger partial charge in [0.2, 0.25) is 5.88 Å². The molecule has 2 aromatic heterocycles. The molecule has 1 aromatic carbocycles. The lowest BCUT2D eigenvalue weighted by Crippen LogP contribution is -2.58. The Morgan fingerprint density at radius 2 is 1.88 bits per heavy atom. The van der Waals surface area contributed by atoms with Crippen molar-refractivity contribution in [2.24, 2.45) is 13.0 Å². The second kappa shape index (κ2) is 6.09. The molecule has 0 spiro atoms. The molecular weight excluding hydrogens is 324 g/mol. The fraction of sp³-hybridized carbons (Fsp3) is 0.429. The van der Waals surface area contributed by atoms with Crippen LogP contribution in [-0.2, 0) is 7.05 Å². The Labute approximate surface area is 153 Å². The SMILES string of the molecule is C[C@H]1[C@H](Oc2ccc(-c3ccc4c(ccn4C)c3)nn2)C2CCN1CC2. The van der Waals surface area contributed by atoms with Gasteiger partial charge in [-0.05, 0) is 63.0 Å². The number of rotatable bonds is 3. The molecule has 134 valence electrons. The van der Waals surface area contributed by atoms with Gasteiger partial charge in [-0.2, -0.15) is 0 Å². The standard InChI is InChI=1S/C21H24N4O/c1-14-21(15-8-11-25(14)12-9-15)26-20-6-4-18(22-23-20)16-3-5-19-17(13-16)7-10-24(19)2/h3-7,10,13-15,21H,8-9,11-12H2,1-2H3/t14-,21-/m0/s1. The minimum absolute atomic E-state index is 0.235. The fourth-order valence-corrected chi connectivity index (χ4v) is 4.57. The lowest BCUT2D eigenvalue weighted by Gasteiger charge is -2.48. The summed E-state index contributed by atoms with van der Waals surface area (Å²) in [4.78, 5) is 2.53. The van der Waals surface area contributed by atoms with Crippen molar-refractivity contribution in [3.63, 3.8) is 0 Å². The van der Waals surface area contributed by atoms with Crippen LogP contribution in [0.5, 0.6) is 5.88 Å². The summed E-state index contributed by atoms with van der Waals surface area (Å²) in [5, 5.41) is 9.99. The number of benzene rings is 1. The van der Waals surface area contributed by atoms with E-state index in [1.807, 2.05) is 12.1 Å². The van der Waals surface area contributed by atoms with Gasteiger partial charge in [0, 0.05) is 41.8 Å². The van der Waals surface area contributed by atoms with Gasteiger partial charge >= 0.3 is 0 Å². The van der Waals surface area contributed by atoms with E-state index in [2.05, 4.69) is 64.1 Å². The summed E-state index contributed by atoms with van der Waals surface area (Å²) < 4.78 is 8.37. The number of piperidine rings is 3. The zero-order chi connectivity index (χ0) is 17.7. The first-order valence-electron chi connectivity index (χ1n) is 9.49. The third kappa shape index (κ3) is 2.58. The van der Waals surface area contributed by atoms with Crippen LogP contribution in [0.25, 0.3) is 22.2 Å². The minimum atomic E-state index is 0.235. The Balaban J connectivity index is 1.36. The van der Waals surface area contributed by atoms with Gasteiger partial charge in [-0.1, -0.05) is 6.07 Å². The molecule has 0 amide bonds. The lowest BCUT2D eigenvalue weighted by molar-refractivity contribution is -0.0528. The largest absolute Gasteiger partial charge is 0.471 e. The number of aryl methyl sites for hydroxylation is 1. The first-order valence-corrected chi connectivity index (χ1v) is 9.49. The first kappa shape index (κ1) is 15.8. The highest BCUT2D eigenvalue weighted by Gasteiger charge is 2.41. The number of aromatic nitrogens is 3. The van der Waals surface area contributed by atoms with Crippen molar-refractivity contribution in [2.45, 2.75) is 31.9 Å². The first-order chi connectivity index (χ1) is 12.7. The number of nitrogens with zero attached hydrogens (tertiary/aromatic N) is 4. The molecule has 5 nitrogen and oxygen atoms in total. The molecule has 2 bridgehead atoms. The Kier molecular flexibility index (Phi) is 3.71. The molecule has 0 saturated carbocycles. The highest BCUT2D eigenvalue weighted by atomic mass is 16.5. The minimum Gasteiger partial charge on any atom is -0.471 e. The van der Waals surface area contributed by atoms with E-state index in [1.165, 1.54) is 36.8 Å². The predicted octanol–water partition coefficient (Wildman–Crippen LogP) is 3.50. The molecule has 0 radical (unpaired) electrons. The van der Waals surface area contributed by atoms with Crippen LogP contribution in [0.1, 0.15) is 19.8 Å². The van der Waals surface area contributed by atoms with Gasteiger partial charge in [-0.15, -0.1) is 10.2 Å². The van der Waals surface area contributed by atoms with Crippen molar-refractivity contribution in [3.05, 3.63) is 42.6 Å². The Morgan fingerprint density at radius 1 is 1.04 bits per heavy atom. The summed E-state index contributed by atoms with van der Waals surface area (Å²) in [7, 11) is 2.06. The van der Waals surface area contributed by atoms with Gasteiger partial charge in [0.05, 0.1) is 5.69 Å². The van der Waals surface area contributed by atoms with E-state index in [0.717, 1.165) is 11.3 Å². The van der Waals surface area contributed by atoms with Crippen molar-refractivity contribution in [2.75, 3.05) is 13.1 Å². The van der Waals surface area contributed by atoms with Crippen LogP contribution < -0.4 is 4.74 Å². The summed E-state index contributed by atoms with van der Waals surface area (Å²) >= 11 is 0. The summed E-state index contributed by atoms with van der Waals surface area (Å²) in [5.74, 6) is 1.29. The molecule has 3 aliphatic rings. The number of ether oxygens (including phenoxy) is 1. The fourth-order valence-electron chi connectivity index (χ4n) is 4.57. The summed E-state index contributed by atoms with van der Waals surface area (Å²) in [6.07, 6.45) is 4.78. The van der Waals surface area contributed by atoms with Crippen LogP contribution in [0.4, 0.5) is 0 Å². The monoisotopic (exact) mass is 348 g/mol. The third-order valence-corrected chi connectivity index (χ3v) is 6.17. The maximum Gasteiger partial charge on any atom is 0.233 e. The van der Waals surface area contributed by atoms with Crippen molar-refractivity contribution in [3.8, 4) is 17.1 Å². The second-order valence-corrected chi connectivity index (χ2v) is 7.65. The van der Waals surface area contributed by atoms with Crippen LogP contribution >= 0.6 is 0 Å². The zero-order valence-electron chi connectivity index (χ0n) is 15.3. The smallest absolute Gasteiger partial charge is 0.233 e. The molecule has 5 heteroatoms. The topological polar surface area (TPSA) is 43.2 Å². The number of hydrogen-bond donors (Lipinski definition) is 0. The van der Waals surface area contributed by atoms with E-state index in [9.17, 15) is 0 Å². The Bertz CT molecular complexity index is 923. The van der Waals surface area contributed by atoms with Crippen molar-refractivity contribution < 1.29 is 4.74 Å². The van der Waals surface area contributed by atoms with E-state index >= 15 is 0 Å². The van der Waals surface area contributed by atoms with Crippen molar-refractivity contribution >= 4 is 10.9 Å². The van der Waals surface area contributed by atoms with E-state index in [0.29, 0.717) is 17.8 Å². The molecule has 3 aromatic rings. The van der Waals surface area contributed by atoms with E-state index in [-0.39, 0.29) is 6.10 Å². The lowest BCUT2D eigenvalue weighted by atomic mass is 9.81. The molecule has 3 aliphatic heterocycles. The van der Waals surface area contributed by atoms with Crippen LogP contribution in [0, 0.1) is 5.92 Å². The average Bonchev–Trinajstić information content (AvgIpc) is 3.06.